The topological polar surface area (TPSA) is 81.9 Å². The Labute approximate surface area is 166 Å². The third-order valence-corrected chi connectivity index (χ3v) is 4.25. The number of amides is 1. The molecule has 0 saturated heterocycles. The van der Waals surface area contributed by atoms with Crippen molar-refractivity contribution in [1.82, 2.24) is 25.5 Å². The van der Waals surface area contributed by atoms with E-state index in [1.165, 1.54) is 4.68 Å². The summed E-state index contributed by atoms with van der Waals surface area (Å²) in [4.78, 5) is 12.6. The van der Waals surface area contributed by atoms with Crippen molar-refractivity contribution in [3.8, 4) is 11.4 Å². The lowest BCUT2D eigenvalue weighted by Crippen LogP contribution is -2.46. The van der Waals surface area contributed by atoms with Crippen LogP contribution in [-0.4, -0.2) is 31.7 Å². The number of hydrogen-bond acceptors (Lipinski definition) is 5. The molecule has 0 bridgehead atoms. The van der Waals surface area contributed by atoms with Crippen LogP contribution in [0.25, 0.3) is 5.69 Å². The molecule has 1 amide bonds. The number of hydrogen-bond donors (Lipinski definition) is 1. The number of carbonyl (C=O) groups excluding carboxylic acids is 1. The van der Waals surface area contributed by atoms with Crippen LogP contribution in [0.15, 0.2) is 48.5 Å². The van der Waals surface area contributed by atoms with E-state index in [-0.39, 0.29) is 12.5 Å². The standard InChI is InChI=1S/C18H17Cl2N5O2/c1-18(2,27-15-9-5-13(20)6-10-15)17(26)21-11-16-22-23-24-25(16)14-7-3-12(19)4-8-14/h3-10H,11H2,1-2H3,(H,21,26). The first-order valence-electron chi connectivity index (χ1n) is 8.11. The second-order valence-corrected chi connectivity index (χ2v) is 7.11. The van der Waals surface area contributed by atoms with Gasteiger partial charge in [0.25, 0.3) is 5.91 Å². The Morgan fingerprint density at radius 3 is 2.30 bits per heavy atom. The van der Waals surface area contributed by atoms with Gasteiger partial charge in [-0.1, -0.05) is 23.2 Å². The van der Waals surface area contributed by atoms with Crippen molar-refractivity contribution in [2.24, 2.45) is 0 Å². The highest BCUT2D eigenvalue weighted by molar-refractivity contribution is 6.30. The summed E-state index contributed by atoms with van der Waals surface area (Å²) in [7, 11) is 0. The number of carbonyl (C=O) groups is 1. The number of nitrogens with one attached hydrogen (secondary N) is 1. The number of ether oxygens (including phenoxy) is 1. The molecular weight excluding hydrogens is 389 g/mol. The minimum Gasteiger partial charge on any atom is -0.478 e. The fraction of sp³-hybridized carbons (Fsp3) is 0.222. The number of halogens is 2. The zero-order chi connectivity index (χ0) is 19.4. The highest BCUT2D eigenvalue weighted by Crippen LogP contribution is 2.21. The molecule has 3 aromatic rings. The fourth-order valence-electron chi connectivity index (χ4n) is 2.31. The number of rotatable bonds is 6. The molecule has 0 saturated carbocycles. The van der Waals surface area contributed by atoms with Crippen LogP contribution in [-0.2, 0) is 11.3 Å². The molecule has 2 aromatic carbocycles. The Balaban J connectivity index is 1.66. The summed E-state index contributed by atoms with van der Waals surface area (Å²) in [6, 6.07) is 13.9. The van der Waals surface area contributed by atoms with Gasteiger partial charge in [0.1, 0.15) is 5.75 Å². The van der Waals surface area contributed by atoms with E-state index in [2.05, 4.69) is 20.8 Å². The zero-order valence-electron chi connectivity index (χ0n) is 14.7. The van der Waals surface area contributed by atoms with Crippen LogP contribution in [0, 0.1) is 0 Å². The molecule has 0 spiro atoms. The summed E-state index contributed by atoms with van der Waals surface area (Å²) in [6.45, 7) is 3.50. The predicted molar refractivity (Wildman–Crippen MR) is 102 cm³/mol. The van der Waals surface area contributed by atoms with Crippen molar-refractivity contribution >= 4 is 29.1 Å². The molecule has 1 heterocycles. The lowest BCUT2D eigenvalue weighted by Gasteiger charge is -2.25. The molecule has 0 aliphatic carbocycles. The molecule has 9 heteroatoms. The van der Waals surface area contributed by atoms with Crippen LogP contribution in [0.4, 0.5) is 0 Å². The molecule has 7 nitrogen and oxygen atoms in total. The molecule has 3 rings (SSSR count). The van der Waals surface area contributed by atoms with E-state index < -0.39 is 5.60 Å². The number of nitrogens with zero attached hydrogens (tertiary/aromatic N) is 4. The van der Waals surface area contributed by atoms with E-state index in [0.29, 0.717) is 21.6 Å². The highest BCUT2D eigenvalue weighted by atomic mass is 35.5. The maximum atomic E-state index is 12.6. The quantitative estimate of drug-likeness (QED) is 0.678. The predicted octanol–water partition coefficient (Wildman–Crippen LogP) is 3.44. The molecule has 0 fully saturated rings. The number of benzene rings is 2. The summed E-state index contributed by atoms with van der Waals surface area (Å²) < 4.78 is 7.30. The minimum absolute atomic E-state index is 0.141. The summed E-state index contributed by atoms with van der Waals surface area (Å²) in [5.41, 5.74) is -0.350. The van der Waals surface area contributed by atoms with Gasteiger partial charge in [-0.25, -0.2) is 0 Å². The third kappa shape index (κ3) is 4.75. The first-order valence-corrected chi connectivity index (χ1v) is 8.87. The fourth-order valence-corrected chi connectivity index (χ4v) is 2.57. The van der Waals surface area contributed by atoms with Gasteiger partial charge in [-0.3, -0.25) is 4.79 Å². The van der Waals surface area contributed by atoms with Gasteiger partial charge >= 0.3 is 0 Å². The Hall–Kier alpha value is -2.64. The van der Waals surface area contributed by atoms with E-state index in [4.69, 9.17) is 27.9 Å². The van der Waals surface area contributed by atoms with E-state index in [1.54, 1.807) is 62.4 Å². The van der Waals surface area contributed by atoms with Crippen LogP contribution in [0.3, 0.4) is 0 Å². The van der Waals surface area contributed by atoms with Crippen molar-refractivity contribution in [3.63, 3.8) is 0 Å². The second kappa shape index (κ2) is 7.94. The molecule has 0 aliphatic rings. The van der Waals surface area contributed by atoms with Gasteiger partial charge in [0.2, 0.25) is 0 Å². The summed E-state index contributed by atoms with van der Waals surface area (Å²) >= 11 is 11.8. The van der Waals surface area contributed by atoms with Gasteiger partial charge in [-0.05, 0) is 72.8 Å². The average molecular weight is 406 g/mol. The van der Waals surface area contributed by atoms with E-state index in [9.17, 15) is 4.79 Å². The first kappa shape index (κ1) is 19.1. The second-order valence-electron chi connectivity index (χ2n) is 6.23. The molecule has 1 N–H and O–H groups in total. The molecule has 27 heavy (non-hydrogen) atoms. The van der Waals surface area contributed by atoms with Gasteiger partial charge in [-0.2, -0.15) is 4.68 Å². The summed E-state index contributed by atoms with van der Waals surface area (Å²) in [5, 5.41) is 15.6. The molecule has 0 aliphatic heterocycles. The lowest BCUT2D eigenvalue weighted by molar-refractivity contribution is -0.134. The molecular formula is C18H17Cl2N5O2. The van der Waals surface area contributed by atoms with Crippen molar-refractivity contribution in [1.29, 1.82) is 0 Å². The average Bonchev–Trinajstić information content (AvgIpc) is 3.10. The zero-order valence-corrected chi connectivity index (χ0v) is 16.2. The van der Waals surface area contributed by atoms with Gasteiger partial charge in [0.15, 0.2) is 11.4 Å². The molecule has 0 unspecified atom stereocenters. The van der Waals surface area contributed by atoms with E-state index in [0.717, 1.165) is 5.69 Å². The summed E-state index contributed by atoms with van der Waals surface area (Å²) in [5.74, 6) is 0.724. The Morgan fingerprint density at radius 2 is 1.67 bits per heavy atom. The number of aromatic nitrogens is 4. The van der Waals surface area contributed by atoms with E-state index in [1.807, 2.05) is 0 Å². The normalized spacial score (nSPS) is 11.3. The van der Waals surface area contributed by atoms with Crippen LogP contribution in [0.1, 0.15) is 19.7 Å². The molecule has 0 atom stereocenters. The monoisotopic (exact) mass is 405 g/mol. The highest BCUT2D eigenvalue weighted by Gasteiger charge is 2.30. The maximum Gasteiger partial charge on any atom is 0.263 e. The molecule has 1 aromatic heterocycles. The van der Waals surface area contributed by atoms with Crippen LogP contribution in [0.5, 0.6) is 5.75 Å². The maximum absolute atomic E-state index is 12.6. The Bertz CT molecular complexity index is 924. The van der Waals surface area contributed by atoms with Gasteiger partial charge in [0.05, 0.1) is 12.2 Å². The minimum atomic E-state index is -1.09. The van der Waals surface area contributed by atoms with Crippen LogP contribution in [0.2, 0.25) is 10.0 Å². The van der Waals surface area contributed by atoms with Crippen molar-refractivity contribution < 1.29 is 9.53 Å². The van der Waals surface area contributed by atoms with Crippen molar-refractivity contribution in [2.45, 2.75) is 26.0 Å². The first-order chi connectivity index (χ1) is 12.8. The van der Waals surface area contributed by atoms with Crippen LogP contribution >= 0.6 is 23.2 Å². The SMILES string of the molecule is CC(C)(Oc1ccc(Cl)cc1)C(=O)NCc1nnnn1-c1ccc(Cl)cc1. The third-order valence-electron chi connectivity index (χ3n) is 3.75. The Kier molecular flexibility index (Phi) is 5.62. The van der Waals surface area contributed by atoms with Crippen molar-refractivity contribution in [2.75, 3.05) is 0 Å². The van der Waals surface area contributed by atoms with Gasteiger partial charge < -0.3 is 10.1 Å². The van der Waals surface area contributed by atoms with Crippen LogP contribution < -0.4 is 10.1 Å². The molecule has 0 radical (unpaired) electrons. The van der Waals surface area contributed by atoms with Gasteiger partial charge in [0, 0.05) is 10.0 Å². The smallest absolute Gasteiger partial charge is 0.263 e. The lowest BCUT2D eigenvalue weighted by atomic mass is 10.1. The Morgan fingerprint density at radius 1 is 1.07 bits per heavy atom. The largest absolute Gasteiger partial charge is 0.478 e. The van der Waals surface area contributed by atoms with Gasteiger partial charge in [-0.15, -0.1) is 5.10 Å². The molecule has 140 valence electrons. The van der Waals surface area contributed by atoms with E-state index >= 15 is 0 Å². The summed E-state index contributed by atoms with van der Waals surface area (Å²) in [6.07, 6.45) is 0. The number of tetrazole rings is 1. The van der Waals surface area contributed by atoms with Crippen molar-refractivity contribution in [3.05, 3.63) is 64.4 Å².